The van der Waals surface area contributed by atoms with Crippen LogP contribution in [0.5, 0.6) is 0 Å². The lowest BCUT2D eigenvalue weighted by atomic mass is 10.1. The molecular formula is C15H28N2O3. The van der Waals surface area contributed by atoms with E-state index in [1.807, 2.05) is 16.7 Å². The van der Waals surface area contributed by atoms with Crippen LogP contribution >= 0.6 is 0 Å². The summed E-state index contributed by atoms with van der Waals surface area (Å²) in [7, 11) is 1.38. The van der Waals surface area contributed by atoms with Crippen LogP contribution in [0.1, 0.15) is 45.4 Å². The molecule has 20 heavy (non-hydrogen) atoms. The van der Waals surface area contributed by atoms with Crippen molar-refractivity contribution in [1.29, 1.82) is 0 Å². The second kappa shape index (κ2) is 9.75. The van der Waals surface area contributed by atoms with Crippen LogP contribution in [0.3, 0.4) is 0 Å². The van der Waals surface area contributed by atoms with Crippen molar-refractivity contribution in [1.82, 2.24) is 9.80 Å². The third-order valence-corrected chi connectivity index (χ3v) is 3.69. The van der Waals surface area contributed by atoms with Crippen LogP contribution in [-0.4, -0.2) is 61.5 Å². The summed E-state index contributed by atoms with van der Waals surface area (Å²) in [5, 5.41) is 0. The zero-order chi connectivity index (χ0) is 14.8. The van der Waals surface area contributed by atoms with Gasteiger partial charge in [0, 0.05) is 13.1 Å². The van der Waals surface area contributed by atoms with Gasteiger partial charge in [-0.25, -0.2) is 0 Å². The van der Waals surface area contributed by atoms with Gasteiger partial charge in [-0.1, -0.05) is 26.2 Å². The Labute approximate surface area is 122 Å². The third kappa shape index (κ3) is 6.37. The summed E-state index contributed by atoms with van der Waals surface area (Å²) in [6.07, 6.45) is 6.82. The Bertz CT molecular complexity index is 299. The van der Waals surface area contributed by atoms with Gasteiger partial charge in [0.1, 0.15) is 0 Å². The summed E-state index contributed by atoms with van der Waals surface area (Å²) in [5.74, 6) is -0.136. The molecule has 0 atom stereocenters. The van der Waals surface area contributed by atoms with E-state index >= 15 is 0 Å². The van der Waals surface area contributed by atoms with E-state index in [0.29, 0.717) is 6.54 Å². The fourth-order valence-electron chi connectivity index (χ4n) is 2.57. The van der Waals surface area contributed by atoms with Gasteiger partial charge in [0.25, 0.3) is 0 Å². The molecule has 0 aromatic carbocycles. The molecule has 1 aliphatic rings. The van der Waals surface area contributed by atoms with Crippen LogP contribution in [-0.2, 0) is 14.3 Å². The Morgan fingerprint density at radius 2 is 1.65 bits per heavy atom. The molecule has 0 spiro atoms. The van der Waals surface area contributed by atoms with Gasteiger partial charge in [-0.2, -0.15) is 0 Å². The molecule has 0 aromatic rings. The lowest BCUT2D eigenvalue weighted by Gasteiger charge is -2.28. The van der Waals surface area contributed by atoms with Crippen molar-refractivity contribution >= 4 is 11.9 Å². The molecule has 5 heteroatoms. The summed E-state index contributed by atoms with van der Waals surface area (Å²) in [6.45, 7) is 5.03. The van der Waals surface area contributed by atoms with Crippen LogP contribution in [0.4, 0.5) is 0 Å². The highest BCUT2D eigenvalue weighted by atomic mass is 16.5. The van der Waals surface area contributed by atoms with Crippen molar-refractivity contribution in [3.8, 4) is 0 Å². The number of nitrogens with zero attached hydrogens (tertiary/aromatic N) is 2. The lowest BCUT2D eigenvalue weighted by Crippen LogP contribution is -2.43. The molecule has 1 heterocycles. The average Bonchev–Trinajstić information content (AvgIpc) is 2.38. The van der Waals surface area contributed by atoms with Crippen molar-refractivity contribution in [3.05, 3.63) is 0 Å². The van der Waals surface area contributed by atoms with Crippen LogP contribution in [0, 0.1) is 0 Å². The Hall–Kier alpha value is -1.10. The van der Waals surface area contributed by atoms with E-state index in [2.05, 4.69) is 4.74 Å². The van der Waals surface area contributed by atoms with Crippen molar-refractivity contribution in [2.75, 3.05) is 39.8 Å². The van der Waals surface area contributed by atoms with Gasteiger partial charge in [-0.05, 0) is 25.8 Å². The minimum atomic E-state index is -0.279. The van der Waals surface area contributed by atoms with Crippen molar-refractivity contribution in [3.63, 3.8) is 0 Å². The highest BCUT2D eigenvalue weighted by Gasteiger charge is 2.19. The van der Waals surface area contributed by atoms with E-state index in [1.165, 1.54) is 26.4 Å². The third-order valence-electron chi connectivity index (χ3n) is 3.69. The Morgan fingerprint density at radius 1 is 1.05 bits per heavy atom. The minimum Gasteiger partial charge on any atom is -0.468 e. The highest BCUT2D eigenvalue weighted by Crippen LogP contribution is 2.11. The zero-order valence-electron chi connectivity index (χ0n) is 12.9. The molecule has 0 unspecified atom stereocenters. The summed E-state index contributed by atoms with van der Waals surface area (Å²) in [4.78, 5) is 27.6. The average molecular weight is 284 g/mol. The summed E-state index contributed by atoms with van der Waals surface area (Å²) >= 11 is 0. The molecule has 5 nitrogen and oxygen atoms in total. The quantitative estimate of drug-likeness (QED) is 0.696. The number of ether oxygens (including phenoxy) is 1. The summed E-state index contributed by atoms with van der Waals surface area (Å²) in [6, 6.07) is 0. The molecule has 116 valence electrons. The van der Waals surface area contributed by atoms with Crippen molar-refractivity contribution < 1.29 is 14.3 Å². The van der Waals surface area contributed by atoms with E-state index in [-0.39, 0.29) is 18.4 Å². The largest absolute Gasteiger partial charge is 0.468 e. The van der Waals surface area contributed by atoms with Gasteiger partial charge in [0.05, 0.1) is 20.2 Å². The maximum atomic E-state index is 12.4. The number of carbonyl (C=O) groups is 2. The summed E-state index contributed by atoms with van der Waals surface area (Å²) < 4.78 is 4.69. The number of carbonyl (C=O) groups excluding carboxylic acids is 2. The summed E-state index contributed by atoms with van der Waals surface area (Å²) in [5.41, 5.74) is 0. The van der Waals surface area contributed by atoms with Gasteiger partial charge >= 0.3 is 5.97 Å². The van der Waals surface area contributed by atoms with E-state index in [9.17, 15) is 9.59 Å². The fraction of sp³-hybridized carbons (Fsp3) is 0.867. The van der Waals surface area contributed by atoms with Gasteiger partial charge in [0.15, 0.2) is 0 Å². The Morgan fingerprint density at radius 3 is 2.20 bits per heavy atom. The second-order valence-corrected chi connectivity index (χ2v) is 5.44. The number of amides is 1. The number of rotatable bonds is 6. The van der Waals surface area contributed by atoms with Crippen LogP contribution < -0.4 is 0 Å². The van der Waals surface area contributed by atoms with E-state index in [1.54, 1.807) is 0 Å². The topological polar surface area (TPSA) is 49.9 Å². The zero-order valence-corrected chi connectivity index (χ0v) is 12.9. The first-order valence-corrected chi connectivity index (χ1v) is 7.74. The molecule has 1 amide bonds. The van der Waals surface area contributed by atoms with E-state index in [4.69, 9.17) is 0 Å². The number of hydrogen-bond acceptors (Lipinski definition) is 4. The standard InChI is InChI=1S/C15H28N2O3/c1-3-9-16(13-15(19)20-2)12-14(18)17-10-7-5-4-6-8-11-17/h3-13H2,1-2H3. The molecule has 0 bridgehead atoms. The first-order chi connectivity index (χ1) is 9.67. The van der Waals surface area contributed by atoms with Gasteiger partial charge in [-0.3, -0.25) is 14.5 Å². The molecule has 0 saturated carbocycles. The molecule has 1 aliphatic heterocycles. The van der Waals surface area contributed by atoms with Crippen LogP contribution in [0.15, 0.2) is 0 Å². The maximum absolute atomic E-state index is 12.4. The SMILES string of the molecule is CCCN(CC(=O)OC)CC(=O)N1CCCCCCC1. The normalized spacial score (nSPS) is 16.6. The first-order valence-electron chi connectivity index (χ1n) is 7.74. The fourth-order valence-corrected chi connectivity index (χ4v) is 2.57. The smallest absolute Gasteiger partial charge is 0.319 e. The maximum Gasteiger partial charge on any atom is 0.319 e. The predicted molar refractivity (Wildman–Crippen MR) is 78.4 cm³/mol. The second-order valence-electron chi connectivity index (χ2n) is 5.44. The molecule has 0 radical (unpaired) electrons. The predicted octanol–water partition coefficient (Wildman–Crippen LogP) is 1.66. The molecule has 0 N–H and O–H groups in total. The van der Waals surface area contributed by atoms with Crippen LogP contribution in [0.2, 0.25) is 0 Å². The monoisotopic (exact) mass is 284 g/mol. The van der Waals surface area contributed by atoms with Gasteiger partial charge in [0.2, 0.25) is 5.91 Å². The molecule has 1 rings (SSSR count). The number of likely N-dealkylation sites (tertiary alicyclic amines) is 1. The molecule has 1 saturated heterocycles. The minimum absolute atomic E-state index is 0.143. The Kier molecular flexibility index (Phi) is 8.26. The van der Waals surface area contributed by atoms with E-state index in [0.717, 1.165) is 38.9 Å². The number of methoxy groups -OCH3 is 1. The molecule has 1 fully saturated rings. The highest BCUT2D eigenvalue weighted by molar-refractivity contribution is 5.79. The number of hydrogen-bond donors (Lipinski definition) is 0. The molecule has 0 aromatic heterocycles. The number of esters is 1. The van der Waals surface area contributed by atoms with Gasteiger partial charge < -0.3 is 9.64 Å². The van der Waals surface area contributed by atoms with Gasteiger partial charge in [-0.15, -0.1) is 0 Å². The Balaban J connectivity index is 2.47. The lowest BCUT2D eigenvalue weighted by molar-refractivity contribution is -0.143. The van der Waals surface area contributed by atoms with E-state index < -0.39 is 0 Å². The van der Waals surface area contributed by atoms with Crippen molar-refractivity contribution in [2.24, 2.45) is 0 Å². The molecular weight excluding hydrogens is 256 g/mol. The molecule has 0 aliphatic carbocycles. The van der Waals surface area contributed by atoms with Crippen molar-refractivity contribution in [2.45, 2.75) is 45.4 Å². The van der Waals surface area contributed by atoms with Crippen LogP contribution in [0.25, 0.3) is 0 Å². The first kappa shape index (κ1) is 17.0.